The van der Waals surface area contributed by atoms with Gasteiger partial charge in [-0.05, 0) is 22.4 Å². The highest BCUT2D eigenvalue weighted by Gasteiger charge is 2.25. The van der Waals surface area contributed by atoms with Gasteiger partial charge >= 0.3 is 0 Å². The lowest BCUT2D eigenvalue weighted by molar-refractivity contribution is 0.161. The number of aromatic nitrogens is 3. The summed E-state index contributed by atoms with van der Waals surface area (Å²) in [6.07, 6.45) is 6.81. The van der Waals surface area contributed by atoms with Gasteiger partial charge in [0.2, 0.25) is 0 Å². The second kappa shape index (κ2) is 4.85. The molecule has 0 spiro atoms. The fourth-order valence-electron chi connectivity index (χ4n) is 2.49. The normalized spacial score (nSPS) is 19.9. The fraction of sp³-hybridized carbons (Fsp3) is 0.500. The average Bonchev–Trinajstić information content (AvgIpc) is 2.96. The Morgan fingerprint density at radius 2 is 2.44 bits per heavy atom. The van der Waals surface area contributed by atoms with Crippen molar-refractivity contribution in [3.63, 3.8) is 0 Å². The van der Waals surface area contributed by atoms with Gasteiger partial charge in [-0.1, -0.05) is 0 Å². The Morgan fingerprint density at radius 3 is 3.28 bits per heavy atom. The molecule has 1 fully saturated rings. The zero-order chi connectivity index (χ0) is 12.5. The van der Waals surface area contributed by atoms with Gasteiger partial charge in [0.1, 0.15) is 4.60 Å². The van der Waals surface area contributed by atoms with Crippen LogP contribution in [0, 0.1) is 5.92 Å². The summed E-state index contributed by atoms with van der Waals surface area (Å²) in [4.78, 5) is 11.2. The standard InChI is InChI=1S/C12H15BrN4O/c1-18-8-9-2-4-16(6-9)12-11-14-3-5-17(11)7-10(13)15-12/h3,5,7,9H,2,4,6,8H2,1H3. The van der Waals surface area contributed by atoms with Crippen molar-refractivity contribution in [2.45, 2.75) is 6.42 Å². The first-order valence-electron chi connectivity index (χ1n) is 6.01. The SMILES string of the molecule is COCC1CCN(c2nc(Br)cn3ccnc23)C1. The van der Waals surface area contributed by atoms with Crippen LogP contribution < -0.4 is 4.90 Å². The van der Waals surface area contributed by atoms with E-state index in [9.17, 15) is 0 Å². The van der Waals surface area contributed by atoms with Crippen molar-refractivity contribution in [1.29, 1.82) is 0 Å². The van der Waals surface area contributed by atoms with Crippen LogP contribution >= 0.6 is 15.9 Å². The van der Waals surface area contributed by atoms with Crippen molar-refractivity contribution < 1.29 is 4.74 Å². The minimum Gasteiger partial charge on any atom is -0.384 e. The van der Waals surface area contributed by atoms with Gasteiger partial charge in [0.15, 0.2) is 11.5 Å². The van der Waals surface area contributed by atoms with Gasteiger partial charge in [0, 0.05) is 44.7 Å². The lowest BCUT2D eigenvalue weighted by Crippen LogP contribution is -2.23. The molecule has 1 unspecified atom stereocenters. The van der Waals surface area contributed by atoms with E-state index >= 15 is 0 Å². The van der Waals surface area contributed by atoms with Gasteiger partial charge in [-0.2, -0.15) is 0 Å². The van der Waals surface area contributed by atoms with Crippen molar-refractivity contribution in [3.8, 4) is 0 Å². The molecular weight excluding hydrogens is 296 g/mol. The van der Waals surface area contributed by atoms with Gasteiger partial charge in [-0.3, -0.25) is 0 Å². The number of rotatable bonds is 3. The van der Waals surface area contributed by atoms with Crippen molar-refractivity contribution >= 4 is 27.4 Å². The maximum atomic E-state index is 5.23. The number of ether oxygens (including phenoxy) is 1. The molecule has 1 saturated heterocycles. The smallest absolute Gasteiger partial charge is 0.180 e. The van der Waals surface area contributed by atoms with Crippen LogP contribution in [0.3, 0.4) is 0 Å². The van der Waals surface area contributed by atoms with Crippen LogP contribution in [0.15, 0.2) is 23.2 Å². The van der Waals surface area contributed by atoms with E-state index in [1.165, 1.54) is 0 Å². The van der Waals surface area contributed by atoms with Gasteiger partial charge in [-0.25, -0.2) is 9.97 Å². The minimum atomic E-state index is 0.589. The van der Waals surface area contributed by atoms with E-state index in [-0.39, 0.29) is 0 Å². The van der Waals surface area contributed by atoms with E-state index in [4.69, 9.17) is 4.74 Å². The van der Waals surface area contributed by atoms with Crippen LogP contribution in [-0.2, 0) is 4.74 Å². The average molecular weight is 311 g/mol. The monoisotopic (exact) mass is 310 g/mol. The molecule has 0 amide bonds. The maximum absolute atomic E-state index is 5.23. The lowest BCUT2D eigenvalue weighted by atomic mass is 10.1. The molecule has 1 aliphatic rings. The van der Waals surface area contributed by atoms with Crippen LogP contribution in [0.25, 0.3) is 5.65 Å². The van der Waals surface area contributed by atoms with Gasteiger partial charge in [0.05, 0.1) is 6.61 Å². The molecule has 5 nitrogen and oxygen atoms in total. The number of fused-ring (bicyclic) bond motifs is 1. The molecule has 0 radical (unpaired) electrons. The predicted octanol–water partition coefficient (Wildman–Crippen LogP) is 1.96. The summed E-state index contributed by atoms with van der Waals surface area (Å²) in [7, 11) is 1.76. The molecule has 0 aliphatic carbocycles. The largest absolute Gasteiger partial charge is 0.384 e. The summed E-state index contributed by atoms with van der Waals surface area (Å²) in [6.45, 7) is 2.81. The van der Waals surface area contributed by atoms with Crippen LogP contribution in [-0.4, -0.2) is 41.2 Å². The quantitative estimate of drug-likeness (QED) is 0.869. The zero-order valence-corrected chi connectivity index (χ0v) is 11.8. The van der Waals surface area contributed by atoms with E-state index in [0.717, 1.165) is 42.2 Å². The molecule has 18 heavy (non-hydrogen) atoms. The van der Waals surface area contributed by atoms with E-state index in [1.807, 2.05) is 16.8 Å². The zero-order valence-electron chi connectivity index (χ0n) is 10.2. The Morgan fingerprint density at radius 1 is 1.56 bits per heavy atom. The summed E-state index contributed by atoms with van der Waals surface area (Å²) < 4.78 is 8.06. The highest BCUT2D eigenvalue weighted by atomic mass is 79.9. The van der Waals surface area contributed by atoms with Crippen LogP contribution in [0.2, 0.25) is 0 Å². The second-order valence-corrected chi connectivity index (χ2v) is 5.41. The third kappa shape index (κ3) is 2.10. The topological polar surface area (TPSA) is 42.7 Å². The summed E-state index contributed by atoms with van der Waals surface area (Å²) in [5, 5.41) is 0. The third-order valence-electron chi connectivity index (χ3n) is 3.31. The van der Waals surface area contributed by atoms with Crippen molar-refractivity contribution in [2.24, 2.45) is 5.92 Å². The second-order valence-electron chi connectivity index (χ2n) is 4.60. The number of halogens is 1. The molecule has 0 N–H and O–H groups in total. The number of nitrogens with zero attached hydrogens (tertiary/aromatic N) is 4. The minimum absolute atomic E-state index is 0.589. The Balaban J connectivity index is 1.92. The number of hydrogen-bond acceptors (Lipinski definition) is 4. The fourth-order valence-corrected chi connectivity index (χ4v) is 2.88. The first kappa shape index (κ1) is 11.9. The maximum Gasteiger partial charge on any atom is 0.180 e. The van der Waals surface area contributed by atoms with Crippen LogP contribution in [0.5, 0.6) is 0 Å². The Kier molecular flexibility index (Phi) is 3.22. The molecule has 96 valence electrons. The van der Waals surface area contributed by atoms with Gasteiger partial charge in [0.25, 0.3) is 0 Å². The van der Waals surface area contributed by atoms with Gasteiger partial charge < -0.3 is 14.0 Å². The lowest BCUT2D eigenvalue weighted by Gasteiger charge is -2.18. The number of anilines is 1. The molecule has 3 heterocycles. The van der Waals surface area contributed by atoms with Crippen molar-refractivity contribution in [1.82, 2.24) is 14.4 Å². The summed E-state index contributed by atoms with van der Waals surface area (Å²) in [5.41, 5.74) is 0.913. The number of imidazole rings is 1. The van der Waals surface area contributed by atoms with Gasteiger partial charge in [-0.15, -0.1) is 0 Å². The molecule has 3 rings (SSSR count). The molecule has 0 aromatic carbocycles. The van der Waals surface area contributed by atoms with E-state index in [2.05, 4.69) is 30.8 Å². The number of hydrogen-bond donors (Lipinski definition) is 0. The van der Waals surface area contributed by atoms with E-state index < -0.39 is 0 Å². The Hall–Kier alpha value is -1.14. The molecular formula is C12H15BrN4O. The van der Waals surface area contributed by atoms with Crippen LogP contribution in [0.1, 0.15) is 6.42 Å². The molecule has 1 aliphatic heterocycles. The summed E-state index contributed by atoms with van der Waals surface area (Å²) in [6, 6.07) is 0. The van der Waals surface area contributed by atoms with Crippen LogP contribution in [0.4, 0.5) is 5.82 Å². The first-order chi connectivity index (χ1) is 8.78. The van der Waals surface area contributed by atoms with E-state index in [0.29, 0.717) is 5.92 Å². The summed E-state index contributed by atoms with van der Waals surface area (Å²) >= 11 is 3.45. The van der Waals surface area contributed by atoms with E-state index in [1.54, 1.807) is 13.3 Å². The molecule has 2 aromatic rings. The highest BCUT2D eigenvalue weighted by Crippen LogP contribution is 2.26. The van der Waals surface area contributed by atoms with Crippen molar-refractivity contribution in [2.75, 3.05) is 31.7 Å². The third-order valence-corrected chi connectivity index (χ3v) is 3.70. The molecule has 1 atom stereocenters. The Bertz CT molecular complexity index is 556. The predicted molar refractivity (Wildman–Crippen MR) is 72.9 cm³/mol. The molecule has 0 saturated carbocycles. The summed E-state index contributed by atoms with van der Waals surface area (Å²) in [5.74, 6) is 1.54. The van der Waals surface area contributed by atoms with Crippen molar-refractivity contribution in [3.05, 3.63) is 23.2 Å². The molecule has 0 bridgehead atoms. The first-order valence-corrected chi connectivity index (χ1v) is 6.80. The Labute approximate surface area is 114 Å². The highest BCUT2D eigenvalue weighted by molar-refractivity contribution is 9.10. The molecule has 2 aromatic heterocycles. The molecule has 6 heteroatoms. The number of methoxy groups -OCH3 is 1.